The van der Waals surface area contributed by atoms with Crippen molar-refractivity contribution in [3.8, 4) is 0 Å². The number of para-hydroxylation sites is 1. The fourth-order valence-electron chi connectivity index (χ4n) is 2.23. The van der Waals surface area contributed by atoms with Gasteiger partial charge in [0, 0.05) is 13.7 Å². The summed E-state index contributed by atoms with van der Waals surface area (Å²) < 4.78 is 28.2. The Morgan fingerprint density at radius 3 is 2.58 bits per heavy atom. The first kappa shape index (κ1) is 14.1. The Balaban J connectivity index is 2.18. The second-order valence-electron chi connectivity index (χ2n) is 4.86. The highest BCUT2D eigenvalue weighted by Gasteiger charge is 2.36. The van der Waals surface area contributed by atoms with Gasteiger partial charge in [0.15, 0.2) is 0 Å². The summed E-state index contributed by atoms with van der Waals surface area (Å²) in [5, 5.41) is 8.26. The number of nitrogen functional groups attached to an aromatic ring is 1. The molecule has 0 heterocycles. The predicted molar refractivity (Wildman–Crippen MR) is 74.3 cm³/mol. The van der Waals surface area contributed by atoms with Gasteiger partial charge in [0.2, 0.25) is 10.0 Å². The zero-order valence-corrected chi connectivity index (χ0v) is 11.7. The van der Waals surface area contributed by atoms with Crippen LogP contribution in [0.5, 0.6) is 0 Å². The molecule has 7 heteroatoms. The van der Waals surface area contributed by atoms with Gasteiger partial charge in [-0.25, -0.2) is 13.6 Å². The highest BCUT2D eigenvalue weighted by molar-refractivity contribution is 7.89. The van der Waals surface area contributed by atoms with E-state index in [1.807, 2.05) is 0 Å². The Morgan fingerprint density at radius 1 is 1.42 bits per heavy atom. The van der Waals surface area contributed by atoms with E-state index in [2.05, 4.69) is 5.32 Å². The molecule has 0 radical (unpaired) electrons. The molecule has 1 aliphatic rings. The summed E-state index contributed by atoms with van der Waals surface area (Å²) in [5.41, 5.74) is 6.39. The van der Waals surface area contributed by atoms with E-state index in [0.717, 1.165) is 19.3 Å². The van der Waals surface area contributed by atoms with Crippen molar-refractivity contribution >= 4 is 21.4 Å². The molecule has 0 amide bonds. The number of hydrogen-bond acceptors (Lipinski definition) is 5. The van der Waals surface area contributed by atoms with Gasteiger partial charge in [-0.15, -0.1) is 0 Å². The number of anilines is 2. The standard InChI is InChI=1S/C12H19N3O3S/c1-18-12(6-3-7-12)8-15-9-4-2-5-10(11(9)13)19(14,16)17/h2,4-5,15H,3,6-8,13H2,1H3,(H2,14,16,17). The SMILES string of the molecule is COC1(CNc2cccc(S(N)(=O)=O)c2N)CCC1. The third-order valence-corrected chi connectivity index (χ3v) is 4.64. The summed E-state index contributed by atoms with van der Waals surface area (Å²) in [6, 6.07) is 4.73. The molecule has 2 rings (SSSR count). The quantitative estimate of drug-likeness (QED) is 0.697. The molecule has 6 nitrogen and oxygen atoms in total. The van der Waals surface area contributed by atoms with Gasteiger partial charge in [-0.2, -0.15) is 0 Å². The topological polar surface area (TPSA) is 107 Å². The lowest BCUT2D eigenvalue weighted by Crippen LogP contribution is -2.45. The van der Waals surface area contributed by atoms with Crippen LogP contribution in [0, 0.1) is 0 Å². The summed E-state index contributed by atoms with van der Waals surface area (Å²) in [7, 11) is -2.12. The van der Waals surface area contributed by atoms with Crippen LogP contribution in [0.2, 0.25) is 0 Å². The first-order valence-corrected chi connectivity index (χ1v) is 7.63. The number of nitrogens with one attached hydrogen (secondary N) is 1. The molecule has 0 aromatic heterocycles. The summed E-state index contributed by atoms with van der Waals surface area (Å²) in [6.07, 6.45) is 3.12. The van der Waals surface area contributed by atoms with Crippen LogP contribution in [-0.4, -0.2) is 27.7 Å². The number of methoxy groups -OCH3 is 1. The number of benzene rings is 1. The van der Waals surface area contributed by atoms with Crippen LogP contribution in [0.1, 0.15) is 19.3 Å². The van der Waals surface area contributed by atoms with Crippen LogP contribution in [0.25, 0.3) is 0 Å². The Morgan fingerprint density at radius 2 is 2.11 bits per heavy atom. The van der Waals surface area contributed by atoms with E-state index in [-0.39, 0.29) is 16.2 Å². The molecule has 106 valence electrons. The lowest BCUT2D eigenvalue weighted by atomic mass is 9.80. The van der Waals surface area contributed by atoms with Crippen molar-refractivity contribution in [3.05, 3.63) is 18.2 Å². The second kappa shape index (κ2) is 4.99. The maximum Gasteiger partial charge on any atom is 0.240 e. The first-order valence-electron chi connectivity index (χ1n) is 6.08. The van der Waals surface area contributed by atoms with Gasteiger partial charge in [-0.1, -0.05) is 6.07 Å². The summed E-state index contributed by atoms with van der Waals surface area (Å²) in [6.45, 7) is 0.599. The molecule has 0 bridgehead atoms. The molecule has 1 aromatic rings. The van der Waals surface area contributed by atoms with Crippen molar-refractivity contribution in [1.82, 2.24) is 0 Å². The second-order valence-corrected chi connectivity index (χ2v) is 6.39. The minimum absolute atomic E-state index is 0.0578. The van der Waals surface area contributed by atoms with Gasteiger partial charge >= 0.3 is 0 Å². The van der Waals surface area contributed by atoms with Crippen LogP contribution >= 0.6 is 0 Å². The monoisotopic (exact) mass is 285 g/mol. The molecule has 0 atom stereocenters. The normalized spacial score (nSPS) is 17.8. The maximum absolute atomic E-state index is 11.4. The van der Waals surface area contributed by atoms with Crippen LogP contribution in [0.3, 0.4) is 0 Å². The Labute approximate surface area is 113 Å². The van der Waals surface area contributed by atoms with Gasteiger partial charge in [0.05, 0.1) is 17.0 Å². The van der Waals surface area contributed by atoms with Crippen LogP contribution in [0.4, 0.5) is 11.4 Å². The fourth-order valence-corrected chi connectivity index (χ4v) is 2.91. The minimum Gasteiger partial charge on any atom is -0.396 e. The van der Waals surface area contributed by atoms with Crippen molar-refractivity contribution in [2.24, 2.45) is 5.14 Å². The Kier molecular flexibility index (Phi) is 3.71. The summed E-state index contributed by atoms with van der Waals surface area (Å²) >= 11 is 0. The first-order chi connectivity index (χ1) is 8.88. The van der Waals surface area contributed by atoms with E-state index >= 15 is 0 Å². The van der Waals surface area contributed by atoms with Crippen molar-refractivity contribution in [3.63, 3.8) is 0 Å². The molecular weight excluding hydrogens is 266 g/mol. The molecule has 1 fully saturated rings. The lowest BCUT2D eigenvalue weighted by molar-refractivity contribution is -0.0601. The summed E-state index contributed by atoms with van der Waals surface area (Å²) in [4.78, 5) is -0.0578. The van der Waals surface area contributed by atoms with E-state index in [0.29, 0.717) is 12.2 Å². The van der Waals surface area contributed by atoms with Crippen molar-refractivity contribution in [1.29, 1.82) is 0 Å². The van der Waals surface area contributed by atoms with E-state index in [4.69, 9.17) is 15.6 Å². The molecule has 0 unspecified atom stereocenters. The van der Waals surface area contributed by atoms with Crippen molar-refractivity contribution in [2.45, 2.75) is 29.8 Å². The van der Waals surface area contributed by atoms with Gasteiger partial charge in [-0.3, -0.25) is 0 Å². The van der Waals surface area contributed by atoms with Gasteiger partial charge < -0.3 is 15.8 Å². The van der Waals surface area contributed by atoms with Gasteiger partial charge in [-0.05, 0) is 31.4 Å². The zero-order chi connectivity index (χ0) is 14.1. The Hall–Kier alpha value is -1.31. The van der Waals surface area contributed by atoms with Crippen LogP contribution < -0.4 is 16.2 Å². The van der Waals surface area contributed by atoms with Crippen LogP contribution in [-0.2, 0) is 14.8 Å². The molecule has 0 saturated heterocycles. The molecular formula is C12H19N3O3S. The van der Waals surface area contributed by atoms with Crippen molar-refractivity contribution < 1.29 is 13.2 Å². The molecule has 0 spiro atoms. The van der Waals surface area contributed by atoms with Crippen molar-refractivity contribution in [2.75, 3.05) is 24.7 Å². The van der Waals surface area contributed by atoms with Crippen LogP contribution in [0.15, 0.2) is 23.1 Å². The highest BCUT2D eigenvalue weighted by Crippen LogP contribution is 2.36. The van der Waals surface area contributed by atoms with E-state index in [1.54, 1.807) is 19.2 Å². The third kappa shape index (κ3) is 2.83. The number of hydrogen-bond donors (Lipinski definition) is 3. The van der Waals surface area contributed by atoms with Gasteiger partial charge in [0.1, 0.15) is 4.90 Å². The number of ether oxygens (including phenoxy) is 1. The molecule has 1 saturated carbocycles. The minimum atomic E-state index is -3.80. The predicted octanol–water partition coefficient (Wildman–Crippen LogP) is 0.897. The number of rotatable bonds is 5. The number of sulfonamides is 1. The molecule has 19 heavy (non-hydrogen) atoms. The molecule has 1 aliphatic carbocycles. The van der Waals surface area contributed by atoms with E-state index in [1.165, 1.54) is 6.07 Å². The third-order valence-electron chi connectivity index (χ3n) is 3.67. The largest absolute Gasteiger partial charge is 0.396 e. The number of primary sulfonamides is 1. The average molecular weight is 285 g/mol. The Bertz CT molecular complexity index is 562. The molecule has 1 aromatic carbocycles. The molecule has 0 aliphatic heterocycles. The smallest absolute Gasteiger partial charge is 0.240 e. The lowest BCUT2D eigenvalue weighted by Gasteiger charge is -2.40. The van der Waals surface area contributed by atoms with E-state index < -0.39 is 10.0 Å². The molecule has 5 N–H and O–H groups in total. The maximum atomic E-state index is 11.4. The number of nitrogens with two attached hydrogens (primary N) is 2. The zero-order valence-electron chi connectivity index (χ0n) is 10.8. The average Bonchev–Trinajstić information content (AvgIpc) is 2.28. The highest BCUT2D eigenvalue weighted by atomic mass is 32.2. The summed E-state index contributed by atoms with van der Waals surface area (Å²) in [5.74, 6) is 0. The van der Waals surface area contributed by atoms with Gasteiger partial charge in [0.25, 0.3) is 0 Å². The fraction of sp³-hybridized carbons (Fsp3) is 0.500. The van der Waals surface area contributed by atoms with E-state index in [9.17, 15) is 8.42 Å².